The molecule has 0 aliphatic rings. The van der Waals surface area contributed by atoms with Crippen LogP contribution in [0.25, 0.3) is 0 Å². The fourth-order valence-electron chi connectivity index (χ4n) is 2.20. The van der Waals surface area contributed by atoms with Gasteiger partial charge in [0.15, 0.2) is 11.6 Å². The third-order valence-corrected chi connectivity index (χ3v) is 3.49. The van der Waals surface area contributed by atoms with Gasteiger partial charge in [0.2, 0.25) is 0 Å². The molecule has 0 saturated carbocycles. The van der Waals surface area contributed by atoms with E-state index in [0.29, 0.717) is 23.9 Å². The molecular formula is C14H16ClF2N3O. The molecule has 114 valence electrons. The van der Waals surface area contributed by atoms with E-state index in [1.165, 1.54) is 18.3 Å². The highest BCUT2D eigenvalue weighted by Gasteiger charge is 2.24. The van der Waals surface area contributed by atoms with Crippen molar-refractivity contribution in [2.75, 3.05) is 20.8 Å². The van der Waals surface area contributed by atoms with Gasteiger partial charge in [-0.1, -0.05) is 23.7 Å². The Morgan fingerprint density at radius 2 is 2.19 bits per heavy atom. The quantitative estimate of drug-likeness (QED) is 0.891. The first kappa shape index (κ1) is 15.9. The normalized spacial score (nSPS) is 12.6. The Labute approximate surface area is 126 Å². The van der Waals surface area contributed by atoms with Crippen LogP contribution in [0.1, 0.15) is 17.3 Å². The predicted octanol–water partition coefficient (Wildman–Crippen LogP) is 2.77. The predicted molar refractivity (Wildman–Crippen MR) is 76.4 cm³/mol. The zero-order valence-electron chi connectivity index (χ0n) is 11.7. The van der Waals surface area contributed by atoms with Gasteiger partial charge in [0.1, 0.15) is 0 Å². The van der Waals surface area contributed by atoms with Crippen LogP contribution in [0, 0.1) is 11.6 Å². The van der Waals surface area contributed by atoms with Crippen LogP contribution >= 0.6 is 11.6 Å². The molecule has 1 heterocycles. The zero-order chi connectivity index (χ0) is 15.4. The van der Waals surface area contributed by atoms with Crippen molar-refractivity contribution in [1.29, 1.82) is 0 Å². The van der Waals surface area contributed by atoms with Crippen molar-refractivity contribution in [3.63, 3.8) is 0 Å². The van der Waals surface area contributed by atoms with Crippen LogP contribution in [-0.4, -0.2) is 30.5 Å². The first-order chi connectivity index (χ1) is 10.1. The molecule has 0 aliphatic heterocycles. The fraction of sp³-hybridized carbons (Fsp3) is 0.357. The molecule has 1 atom stereocenters. The minimum Gasteiger partial charge on any atom is -0.383 e. The second-order valence-electron chi connectivity index (χ2n) is 4.46. The summed E-state index contributed by atoms with van der Waals surface area (Å²) in [5.74, 6) is -1.79. The van der Waals surface area contributed by atoms with Gasteiger partial charge in [-0.05, 0) is 13.1 Å². The molecular weight excluding hydrogens is 300 g/mol. The van der Waals surface area contributed by atoms with E-state index >= 15 is 0 Å². The van der Waals surface area contributed by atoms with Gasteiger partial charge in [-0.2, -0.15) is 5.10 Å². The number of hydrogen-bond acceptors (Lipinski definition) is 3. The van der Waals surface area contributed by atoms with E-state index in [4.69, 9.17) is 16.3 Å². The first-order valence-electron chi connectivity index (χ1n) is 6.41. The highest BCUT2D eigenvalue weighted by atomic mass is 35.5. The van der Waals surface area contributed by atoms with Crippen molar-refractivity contribution < 1.29 is 13.5 Å². The Morgan fingerprint density at radius 1 is 1.43 bits per heavy atom. The Kier molecular flexibility index (Phi) is 5.27. The Morgan fingerprint density at radius 3 is 2.86 bits per heavy atom. The summed E-state index contributed by atoms with van der Waals surface area (Å²) in [4.78, 5) is 0. The van der Waals surface area contributed by atoms with Gasteiger partial charge in [0.05, 0.1) is 36.1 Å². The molecule has 2 rings (SSSR count). The summed E-state index contributed by atoms with van der Waals surface area (Å²) < 4.78 is 34.1. The van der Waals surface area contributed by atoms with Crippen LogP contribution in [0.3, 0.4) is 0 Å². The van der Waals surface area contributed by atoms with Gasteiger partial charge < -0.3 is 10.1 Å². The number of methoxy groups -OCH3 is 1. The van der Waals surface area contributed by atoms with E-state index in [-0.39, 0.29) is 5.56 Å². The topological polar surface area (TPSA) is 39.1 Å². The van der Waals surface area contributed by atoms with Crippen LogP contribution in [0.15, 0.2) is 24.4 Å². The van der Waals surface area contributed by atoms with Crippen molar-refractivity contribution in [3.8, 4) is 0 Å². The van der Waals surface area contributed by atoms with E-state index in [9.17, 15) is 8.78 Å². The van der Waals surface area contributed by atoms with E-state index in [2.05, 4.69) is 10.4 Å². The summed E-state index contributed by atoms with van der Waals surface area (Å²) in [7, 11) is 3.23. The van der Waals surface area contributed by atoms with Gasteiger partial charge in [0.25, 0.3) is 0 Å². The van der Waals surface area contributed by atoms with Crippen LogP contribution in [0.5, 0.6) is 0 Å². The third-order valence-electron chi connectivity index (χ3n) is 3.20. The Balaban J connectivity index is 2.46. The molecule has 0 saturated heterocycles. The van der Waals surface area contributed by atoms with Gasteiger partial charge in [-0.25, -0.2) is 8.78 Å². The highest BCUT2D eigenvalue weighted by Crippen LogP contribution is 2.30. The maximum Gasteiger partial charge on any atom is 0.163 e. The fourth-order valence-corrected chi connectivity index (χ4v) is 2.45. The number of ether oxygens (including phenoxy) is 1. The van der Waals surface area contributed by atoms with Crippen LogP contribution in [0.2, 0.25) is 5.02 Å². The van der Waals surface area contributed by atoms with Crippen LogP contribution < -0.4 is 5.32 Å². The van der Waals surface area contributed by atoms with E-state index in [1.807, 2.05) is 0 Å². The summed E-state index contributed by atoms with van der Waals surface area (Å²) in [5, 5.41) is 7.49. The van der Waals surface area contributed by atoms with E-state index < -0.39 is 17.7 Å². The largest absolute Gasteiger partial charge is 0.383 e. The van der Waals surface area contributed by atoms with Crippen molar-refractivity contribution in [1.82, 2.24) is 15.1 Å². The summed E-state index contributed by atoms with van der Waals surface area (Å²) in [6.45, 7) is 0.904. The molecule has 7 heteroatoms. The average molecular weight is 316 g/mol. The lowest BCUT2D eigenvalue weighted by Gasteiger charge is -2.20. The van der Waals surface area contributed by atoms with Crippen molar-refractivity contribution in [3.05, 3.63) is 52.3 Å². The maximum absolute atomic E-state index is 14.0. The molecule has 1 aromatic carbocycles. The molecule has 0 bridgehead atoms. The molecule has 4 nitrogen and oxygen atoms in total. The van der Waals surface area contributed by atoms with Crippen molar-refractivity contribution >= 4 is 11.6 Å². The molecule has 0 aliphatic carbocycles. The van der Waals surface area contributed by atoms with Gasteiger partial charge >= 0.3 is 0 Å². The standard InChI is InChI=1S/C14H16ClF2N3O/c1-18-13(9-4-3-5-11(16)12(9)17)14-10(15)8-19-20(14)6-7-21-2/h3-5,8,13,18H,6-7H2,1-2H3. The van der Waals surface area contributed by atoms with Gasteiger partial charge in [-0.15, -0.1) is 0 Å². The summed E-state index contributed by atoms with van der Waals surface area (Å²) in [6, 6.07) is 3.45. The number of nitrogens with zero attached hydrogens (tertiary/aromatic N) is 2. The molecule has 21 heavy (non-hydrogen) atoms. The van der Waals surface area contributed by atoms with Gasteiger partial charge in [0, 0.05) is 12.7 Å². The SMILES string of the molecule is CNC(c1cccc(F)c1F)c1c(Cl)cnn1CCOC. The average Bonchev–Trinajstić information content (AvgIpc) is 2.83. The number of rotatable bonds is 6. The minimum absolute atomic E-state index is 0.179. The summed E-state index contributed by atoms with van der Waals surface area (Å²) in [6.07, 6.45) is 1.48. The lowest BCUT2D eigenvalue weighted by atomic mass is 10.0. The molecule has 0 spiro atoms. The third kappa shape index (κ3) is 3.23. The van der Waals surface area contributed by atoms with Crippen LogP contribution in [-0.2, 0) is 11.3 Å². The van der Waals surface area contributed by atoms with Gasteiger partial charge in [-0.3, -0.25) is 4.68 Å². The minimum atomic E-state index is -0.896. The summed E-state index contributed by atoms with van der Waals surface area (Å²) >= 11 is 6.16. The lowest BCUT2D eigenvalue weighted by Crippen LogP contribution is -2.24. The van der Waals surface area contributed by atoms with E-state index in [1.54, 1.807) is 18.8 Å². The number of halogens is 3. The monoisotopic (exact) mass is 315 g/mol. The molecule has 2 aromatic rings. The maximum atomic E-state index is 14.0. The number of aromatic nitrogens is 2. The molecule has 1 aromatic heterocycles. The van der Waals surface area contributed by atoms with E-state index in [0.717, 1.165) is 6.07 Å². The second-order valence-corrected chi connectivity index (χ2v) is 4.87. The second kappa shape index (κ2) is 6.98. The molecule has 0 radical (unpaired) electrons. The van der Waals surface area contributed by atoms with Crippen molar-refractivity contribution in [2.45, 2.75) is 12.6 Å². The number of nitrogens with one attached hydrogen (secondary N) is 1. The van der Waals surface area contributed by atoms with Crippen molar-refractivity contribution in [2.24, 2.45) is 0 Å². The zero-order valence-corrected chi connectivity index (χ0v) is 12.5. The molecule has 1 unspecified atom stereocenters. The Bertz CT molecular complexity index is 618. The molecule has 0 fully saturated rings. The van der Waals surface area contributed by atoms with Crippen LogP contribution in [0.4, 0.5) is 8.78 Å². The molecule has 0 amide bonds. The first-order valence-corrected chi connectivity index (χ1v) is 6.79. The summed E-state index contributed by atoms with van der Waals surface area (Å²) in [5.41, 5.74) is 0.749. The lowest BCUT2D eigenvalue weighted by molar-refractivity contribution is 0.182. The Hall–Kier alpha value is -1.50. The highest BCUT2D eigenvalue weighted by molar-refractivity contribution is 6.31. The molecule has 1 N–H and O–H groups in total. The smallest absolute Gasteiger partial charge is 0.163 e. The number of benzene rings is 1. The number of hydrogen-bond donors (Lipinski definition) is 1.